The van der Waals surface area contributed by atoms with E-state index in [0.29, 0.717) is 6.42 Å². The Labute approximate surface area is 113 Å². The van der Waals surface area contributed by atoms with Crippen molar-refractivity contribution in [2.45, 2.75) is 39.2 Å². The normalized spacial score (nSPS) is 19.7. The summed E-state index contributed by atoms with van der Waals surface area (Å²) in [6, 6.07) is 0. The zero-order valence-corrected chi connectivity index (χ0v) is 12.4. The van der Waals surface area contributed by atoms with Gasteiger partial charge in [0, 0.05) is 13.0 Å². The number of ketones is 1. The summed E-state index contributed by atoms with van der Waals surface area (Å²) in [4.78, 5) is 23.4. The van der Waals surface area contributed by atoms with Crippen LogP contribution < -0.4 is 0 Å². The Morgan fingerprint density at radius 2 is 1.95 bits per heavy atom. The maximum Gasteiger partial charge on any atom is 0.333 e. The van der Waals surface area contributed by atoms with E-state index in [1.54, 1.807) is 20.8 Å². The van der Waals surface area contributed by atoms with Crippen LogP contribution in [0.25, 0.3) is 0 Å². The quantitative estimate of drug-likeness (QED) is 0.556. The van der Waals surface area contributed by atoms with Gasteiger partial charge in [0.05, 0.1) is 12.3 Å². The summed E-state index contributed by atoms with van der Waals surface area (Å²) in [6.45, 7) is 5.29. The second-order valence-corrected chi connectivity index (χ2v) is 7.33. The number of ether oxygens (including phenoxy) is 1. The minimum atomic E-state index is -3.56. The van der Waals surface area contributed by atoms with Crippen LogP contribution in [0.2, 0.25) is 0 Å². The molecule has 0 bridgehead atoms. The smallest absolute Gasteiger partial charge is 0.333 e. The van der Waals surface area contributed by atoms with Gasteiger partial charge in [0.2, 0.25) is 10.0 Å². The van der Waals surface area contributed by atoms with Crippen LogP contribution in [0.4, 0.5) is 0 Å². The number of rotatable bonds is 2. The maximum atomic E-state index is 11.8. The van der Waals surface area contributed by atoms with E-state index in [4.69, 9.17) is 4.74 Å². The van der Waals surface area contributed by atoms with Crippen molar-refractivity contribution in [1.82, 2.24) is 4.31 Å². The Hall–Kier alpha value is -1.37. The fraction of sp³-hybridized carbons (Fsp3) is 0.667. The molecule has 0 aromatic carbocycles. The Bertz CT molecular complexity index is 513. The second-order valence-electron chi connectivity index (χ2n) is 5.42. The van der Waals surface area contributed by atoms with Gasteiger partial charge >= 0.3 is 5.97 Å². The molecule has 1 saturated heterocycles. The highest BCUT2D eigenvalue weighted by Crippen LogP contribution is 2.21. The molecule has 6 nitrogen and oxygen atoms in total. The lowest BCUT2D eigenvalue weighted by molar-refractivity contribution is -0.148. The number of carbonyl (C=O) groups is 2. The molecule has 0 N–H and O–H groups in total. The molecule has 19 heavy (non-hydrogen) atoms. The summed E-state index contributed by atoms with van der Waals surface area (Å²) >= 11 is 0. The summed E-state index contributed by atoms with van der Waals surface area (Å²) < 4.78 is 29.2. The largest absolute Gasteiger partial charge is 0.457 e. The van der Waals surface area contributed by atoms with Crippen molar-refractivity contribution in [2.24, 2.45) is 0 Å². The average Bonchev–Trinajstić information content (AvgIpc) is 2.16. The zero-order valence-electron chi connectivity index (χ0n) is 11.6. The third-order valence-corrected chi connectivity index (χ3v) is 3.56. The predicted molar refractivity (Wildman–Crippen MR) is 69.7 cm³/mol. The van der Waals surface area contributed by atoms with E-state index in [2.05, 4.69) is 0 Å². The summed E-state index contributed by atoms with van der Waals surface area (Å²) in [7, 11) is -3.56. The van der Waals surface area contributed by atoms with Gasteiger partial charge in [-0.15, -0.1) is 0 Å². The van der Waals surface area contributed by atoms with Crippen LogP contribution in [0.1, 0.15) is 33.6 Å². The lowest BCUT2D eigenvalue weighted by Crippen LogP contribution is -2.38. The molecule has 0 aliphatic carbocycles. The van der Waals surface area contributed by atoms with Crippen LogP contribution in [0.3, 0.4) is 0 Å². The Morgan fingerprint density at radius 3 is 2.42 bits per heavy atom. The third kappa shape index (κ3) is 4.66. The molecule has 108 valence electrons. The summed E-state index contributed by atoms with van der Waals surface area (Å²) in [5, 5.41) is 0. The van der Waals surface area contributed by atoms with Gasteiger partial charge in [0.25, 0.3) is 0 Å². The monoisotopic (exact) mass is 289 g/mol. The molecule has 1 rings (SSSR count). The first-order chi connectivity index (χ1) is 8.50. The first-order valence-corrected chi connectivity index (χ1v) is 7.81. The van der Waals surface area contributed by atoms with E-state index in [-0.39, 0.29) is 24.4 Å². The van der Waals surface area contributed by atoms with Gasteiger partial charge in [0.15, 0.2) is 5.78 Å². The van der Waals surface area contributed by atoms with Crippen LogP contribution in [-0.2, 0) is 24.3 Å². The first-order valence-electron chi connectivity index (χ1n) is 5.96. The number of esters is 1. The predicted octanol–water partition coefficient (Wildman–Crippen LogP) is 0.837. The van der Waals surface area contributed by atoms with Crippen LogP contribution in [0.5, 0.6) is 0 Å². The Kier molecular flexibility index (Phi) is 4.39. The van der Waals surface area contributed by atoms with E-state index in [1.165, 1.54) is 0 Å². The topological polar surface area (TPSA) is 80.8 Å². The van der Waals surface area contributed by atoms with Gasteiger partial charge in [-0.2, -0.15) is 0 Å². The first kappa shape index (κ1) is 15.7. The van der Waals surface area contributed by atoms with Gasteiger partial charge in [0.1, 0.15) is 11.3 Å². The average molecular weight is 289 g/mol. The van der Waals surface area contributed by atoms with Crippen molar-refractivity contribution >= 4 is 21.8 Å². The van der Waals surface area contributed by atoms with Crippen LogP contribution in [0.15, 0.2) is 11.8 Å². The number of piperidine rings is 1. The molecule has 0 aromatic rings. The van der Waals surface area contributed by atoms with Gasteiger partial charge in [-0.3, -0.25) is 9.10 Å². The van der Waals surface area contributed by atoms with E-state index in [1.807, 2.05) is 0 Å². The Balaban J connectivity index is 3.04. The molecule has 1 aliphatic heterocycles. The van der Waals surface area contributed by atoms with Gasteiger partial charge in [-0.05, 0) is 27.2 Å². The highest BCUT2D eigenvalue weighted by Gasteiger charge is 2.30. The standard InChI is InChI=1S/C12H19NO5S/c1-12(2,3)18-11(15)8-9-10(14)6-5-7-13(9)19(4,16)17/h8H,5-7H2,1-4H3/b9-8-. The highest BCUT2D eigenvalue weighted by molar-refractivity contribution is 7.88. The molecule has 1 aliphatic rings. The molecular weight excluding hydrogens is 270 g/mol. The number of hydrogen-bond acceptors (Lipinski definition) is 5. The highest BCUT2D eigenvalue weighted by atomic mass is 32.2. The summed E-state index contributed by atoms with van der Waals surface area (Å²) in [5.41, 5.74) is -0.801. The molecule has 0 amide bonds. The fourth-order valence-electron chi connectivity index (χ4n) is 1.71. The minimum Gasteiger partial charge on any atom is -0.457 e. The van der Waals surface area contributed by atoms with Gasteiger partial charge < -0.3 is 4.74 Å². The third-order valence-electron chi connectivity index (χ3n) is 2.38. The van der Waals surface area contributed by atoms with E-state index >= 15 is 0 Å². The van der Waals surface area contributed by atoms with E-state index in [0.717, 1.165) is 16.6 Å². The van der Waals surface area contributed by atoms with Gasteiger partial charge in [-0.25, -0.2) is 13.2 Å². The van der Waals surface area contributed by atoms with Crippen molar-refractivity contribution in [1.29, 1.82) is 0 Å². The number of sulfonamides is 1. The van der Waals surface area contributed by atoms with Crippen molar-refractivity contribution in [2.75, 3.05) is 12.8 Å². The lowest BCUT2D eigenvalue weighted by Gasteiger charge is -2.28. The zero-order chi connectivity index (χ0) is 14.8. The van der Waals surface area contributed by atoms with E-state index < -0.39 is 21.6 Å². The number of carbonyl (C=O) groups excluding carboxylic acids is 2. The second kappa shape index (κ2) is 5.32. The fourth-order valence-corrected chi connectivity index (χ4v) is 2.68. The van der Waals surface area contributed by atoms with Crippen molar-refractivity contribution < 1.29 is 22.7 Å². The number of hydrogen-bond donors (Lipinski definition) is 0. The molecule has 1 heterocycles. The molecule has 0 atom stereocenters. The van der Waals surface area contributed by atoms with E-state index in [9.17, 15) is 18.0 Å². The molecule has 0 saturated carbocycles. The van der Waals surface area contributed by atoms with Crippen LogP contribution in [0, 0.1) is 0 Å². The molecule has 0 unspecified atom stereocenters. The van der Waals surface area contributed by atoms with Crippen LogP contribution >= 0.6 is 0 Å². The molecule has 7 heteroatoms. The summed E-state index contributed by atoms with van der Waals surface area (Å²) in [6.07, 6.45) is 2.67. The minimum absolute atomic E-state index is 0.108. The van der Waals surface area contributed by atoms with Crippen molar-refractivity contribution in [3.63, 3.8) is 0 Å². The Morgan fingerprint density at radius 1 is 1.37 bits per heavy atom. The molecular formula is C12H19NO5S. The summed E-state index contributed by atoms with van der Waals surface area (Å²) in [5.74, 6) is -1.08. The number of nitrogens with zero attached hydrogens (tertiary/aromatic N) is 1. The SMILES string of the molecule is CC(C)(C)OC(=O)/C=C1/C(=O)CCCN1S(C)(=O)=O. The van der Waals surface area contributed by atoms with Crippen molar-refractivity contribution in [3.8, 4) is 0 Å². The molecule has 0 aromatic heterocycles. The van der Waals surface area contributed by atoms with Crippen molar-refractivity contribution in [3.05, 3.63) is 11.8 Å². The number of Topliss-reactive ketones (excluding diaryl/α,β-unsaturated/α-hetero) is 1. The molecule has 1 fully saturated rings. The van der Waals surface area contributed by atoms with Gasteiger partial charge in [-0.1, -0.05) is 0 Å². The lowest BCUT2D eigenvalue weighted by atomic mass is 10.1. The molecule has 0 radical (unpaired) electrons. The number of allylic oxidation sites excluding steroid dienone is 1. The maximum absolute atomic E-state index is 11.8. The van der Waals surface area contributed by atoms with Crippen LogP contribution in [-0.4, -0.2) is 42.9 Å². The molecule has 0 spiro atoms.